The molecule has 0 heterocycles. The van der Waals surface area contributed by atoms with E-state index in [0.717, 1.165) is 17.1 Å². The summed E-state index contributed by atoms with van der Waals surface area (Å²) in [5, 5.41) is 9.23. The van der Waals surface area contributed by atoms with Crippen molar-refractivity contribution in [1.29, 1.82) is 0 Å². The highest BCUT2D eigenvalue weighted by molar-refractivity contribution is 7.80. The van der Waals surface area contributed by atoms with Gasteiger partial charge in [0.05, 0.1) is 0 Å². The van der Waals surface area contributed by atoms with Crippen LogP contribution in [-0.2, 0) is 4.79 Å². The summed E-state index contributed by atoms with van der Waals surface area (Å²) in [5.74, 6) is -0.0894. The van der Waals surface area contributed by atoms with E-state index in [1.165, 1.54) is 13.8 Å². The maximum atomic E-state index is 11.2. The number of rotatable bonds is 4. The fraction of sp³-hybridized carbons (Fsp3) is 0.118. The number of thiocarbonyl (C=S) groups is 1. The van der Waals surface area contributed by atoms with Crippen molar-refractivity contribution in [2.75, 3.05) is 16.0 Å². The first-order chi connectivity index (χ1) is 10.9. The molecule has 0 radical (unpaired) electrons. The van der Waals surface area contributed by atoms with Crippen molar-refractivity contribution in [2.45, 2.75) is 13.8 Å². The van der Waals surface area contributed by atoms with Crippen LogP contribution in [0.4, 0.5) is 17.1 Å². The monoisotopic (exact) mass is 327 g/mol. The zero-order chi connectivity index (χ0) is 16.8. The molecule has 6 heteroatoms. The van der Waals surface area contributed by atoms with Gasteiger partial charge in [-0.15, -0.1) is 0 Å². The van der Waals surface area contributed by atoms with E-state index in [1.807, 2.05) is 12.1 Å². The van der Waals surface area contributed by atoms with Crippen LogP contribution >= 0.6 is 12.2 Å². The van der Waals surface area contributed by atoms with Crippen molar-refractivity contribution in [3.05, 3.63) is 54.1 Å². The molecule has 5 nitrogen and oxygen atoms in total. The molecule has 0 aliphatic carbocycles. The molecule has 0 aliphatic rings. The number of hydrogen-bond acceptors (Lipinski definition) is 3. The minimum atomic E-state index is -0.114. The standard InChI is InChI=1S/C17H17N3O2S/c1-11(21)13-3-5-15(6-4-13)19-17(23)20-16-9-7-14(8-10-16)18-12(2)22/h3-10H,1-2H3,(H,18,22)(H2,19,20,23). The molecule has 2 rings (SSSR count). The van der Waals surface area contributed by atoms with Crippen LogP contribution in [-0.4, -0.2) is 16.8 Å². The molecule has 1 amide bonds. The van der Waals surface area contributed by atoms with E-state index < -0.39 is 0 Å². The SMILES string of the molecule is CC(=O)Nc1ccc(NC(=S)Nc2ccc(C(C)=O)cc2)cc1. The van der Waals surface area contributed by atoms with Crippen molar-refractivity contribution in [2.24, 2.45) is 0 Å². The summed E-state index contributed by atoms with van der Waals surface area (Å²) in [6, 6.07) is 14.3. The predicted molar refractivity (Wildman–Crippen MR) is 97.0 cm³/mol. The average molecular weight is 327 g/mol. The molecule has 118 valence electrons. The summed E-state index contributed by atoms with van der Waals surface area (Å²) in [7, 11) is 0. The van der Waals surface area contributed by atoms with E-state index in [0.29, 0.717) is 10.7 Å². The lowest BCUT2D eigenvalue weighted by atomic mass is 10.1. The van der Waals surface area contributed by atoms with E-state index in [-0.39, 0.29) is 11.7 Å². The maximum Gasteiger partial charge on any atom is 0.221 e. The first-order valence-corrected chi connectivity index (χ1v) is 7.41. The molecule has 2 aromatic carbocycles. The van der Waals surface area contributed by atoms with Crippen LogP contribution in [0.25, 0.3) is 0 Å². The molecule has 0 fully saturated rings. The van der Waals surface area contributed by atoms with Crippen molar-refractivity contribution < 1.29 is 9.59 Å². The second-order valence-corrected chi connectivity index (χ2v) is 5.38. The Balaban J connectivity index is 1.93. The molecule has 3 N–H and O–H groups in total. The van der Waals surface area contributed by atoms with Crippen LogP contribution < -0.4 is 16.0 Å². The van der Waals surface area contributed by atoms with Gasteiger partial charge in [-0.05, 0) is 67.7 Å². The highest BCUT2D eigenvalue weighted by atomic mass is 32.1. The van der Waals surface area contributed by atoms with E-state index in [4.69, 9.17) is 12.2 Å². The Morgan fingerprint density at radius 2 is 1.13 bits per heavy atom. The third-order valence-electron chi connectivity index (χ3n) is 3.01. The van der Waals surface area contributed by atoms with Gasteiger partial charge in [-0.25, -0.2) is 0 Å². The zero-order valence-corrected chi connectivity index (χ0v) is 13.7. The Morgan fingerprint density at radius 3 is 1.52 bits per heavy atom. The highest BCUT2D eigenvalue weighted by Crippen LogP contribution is 2.15. The molecule has 0 saturated heterocycles. The number of benzene rings is 2. The molecule has 0 unspecified atom stereocenters. The molecule has 0 aliphatic heterocycles. The second-order valence-electron chi connectivity index (χ2n) is 4.97. The number of carbonyl (C=O) groups excluding carboxylic acids is 2. The van der Waals surface area contributed by atoms with Gasteiger partial charge in [0, 0.05) is 29.5 Å². The summed E-state index contributed by atoms with van der Waals surface area (Å²) >= 11 is 5.25. The number of carbonyl (C=O) groups is 2. The smallest absolute Gasteiger partial charge is 0.221 e. The topological polar surface area (TPSA) is 70.2 Å². The summed E-state index contributed by atoms with van der Waals surface area (Å²) in [6.07, 6.45) is 0. The third-order valence-corrected chi connectivity index (χ3v) is 3.22. The van der Waals surface area contributed by atoms with Crippen LogP contribution in [0.2, 0.25) is 0 Å². The van der Waals surface area contributed by atoms with Gasteiger partial charge in [-0.3, -0.25) is 9.59 Å². The number of nitrogens with one attached hydrogen (secondary N) is 3. The lowest BCUT2D eigenvalue weighted by molar-refractivity contribution is -0.114. The molecule has 0 bridgehead atoms. The summed E-state index contributed by atoms with van der Waals surface area (Å²) in [4.78, 5) is 22.2. The van der Waals surface area contributed by atoms with Gasteiger partial charge in [-0.2, -0.15) is 0 Å². The van der Waals surface area contributed by atoms with Crippen molar-refractivity contribution in [1.82, 2.24) is 0 Å². The summed E-state index contributed by atoms with van der Waals surface area (Å²) < 4.78 is 0. The predicted octanol–water partition coefficient (Wildman–Crippen LogP) is 3.66. The minimum Gasteiger partial charge on any atom is -0.332 e. The normalized spacial score (nSPS) is 9.83. The Bertz CT molecular complexity index is 725. The lowest BCUT2D eigenvalue weighted by Crippen LogP contribution is -2.19. The fourth-order valence-electron chi connectivity index (χ4n) is 1.92. The van der Waals surface area contributed by atoms with E-state index >= 15 is 0 Å². The number of anilines is 3. The fourth-order valence-corrected chi connectivity index (χ4v) is 2.16. The summed E-state index contributed by atoms with van der Waals surface area (Å²) in [5.41, 5.74) is 2.98. The molecule has 0 aromatic heterocycles. The minimum absolute atomic E-state index is 0.0245. The molecule has 0 atom stereocenters. The first-order valence-electron chi connectivity index (χ1n) is 7.01. The second kappa shape index (κ2) is 7.51. The van der Waals surface area contributed by atoms with E-state index in [9.17, 15) is 9.59 Å². The van der Waals surface area contributed by atoms with Crippen LogP contribution in [0.5, 0.6) is 0 Å². The van der Waals surface area contributed by atoms with Crippen LogP contribution in [0.3, 0.4) is 0 Å². The van der Waals surface area contributed by atoms with Gasteiger partial charge in [0.1, 0.15) is 0 Å². The first kappa shape index (κ1) is 16.6. The number of hydrogen-bond donors (Lipinski definition) is 3. The molecule has 23 heavy (non-hydrogen) atoms. The van der Waals surface area contributed by atoms with Crippen LogP contribution in [0, 0.1) is 0 Å². The Kier molecular flexibility index (Phi) is 5.43. The van der Waals surface area contributed by atoms with Crippen LogP contribution in [0.15, 0.2) is 48.5 Å². The number of amides is 1. The van der Waals surface area contributed by atoms with Crippen molar-refractivity contribution >= 4 is 46.1 Å². The van der Waals surface area contributed by atoms with Crippen LogP contribution in [0.1, 0.15) is 24.2 Å². The maximum absolute atomic E-state index is 11.2. The molecular weight excluding hydrogens is 310 g/mol. The van der Waals surface area contributed by atoms with E-state index in [1.54, 1.807) is 36.4 Å². The zero-order valence-electron chi connectivity index (χ0n) is 12.8. The Morgan fingerprint density at radius 1 is 0.739 bits per heavy atom. The number of ketones is 1. The van der Waals surface area contributed by atoms with Crippen molar-refractivity contribution in [3.63, 3.8) is 0 Å². The summed E-state index contributed by atoms with van der Waals surface area (Å²) in [6.45, 7) is 2.99. The Labute approximate surface area is 140 Å². The Hall–Kier alpha value is -2.73. The van der Waals surface area contributed by atoms with Gasteiger partial charge in [0.2, 0.25) is 5.91 Å². The molecular formula is C17H17N3O2S. The van der Waals surface area contributed by atoms with Gasteiger partial charge >= 0.3 is 0 Å². The van der Waals surface area contributed by atoms with Gasteiger partial charge in [0.15, 0.2) is 10.9 Å². The molecule has 0 spiro atoms. The highest BCUT2D eigenvalue weighted by Gasteiger charge is 2.02. The number of Topliss-reactive ketones (excluding diaryl/α,β-unsaturated/α-hetero) is 1. The van der Waals surface area contributed by atoms with Gasteiger partial charge < -0.3 is 16.0 Å². The lowest BCUT2D eigenvalue weighted by Gasteiger charge is -2.11. The quantitative estimate of drug-likeness (QED) is 0.590. The van der Waals surface area contributed by atoms with Crippen molar-refractivity contribution in [3.8, 4) is 0 Å². The third kappa shape index (κ3) is 5.19. The average Bonchev–Trinajstić information content (AvgIpc) is 2.49. The largest absolute Gasteiger partial charge is 0.332 e. The van der Waals surface area contributed by atoms with E-state index in [2.05, 4.69) is 16.0 Å². The molecule has 0 saturated carbocycles. The molecule has 2 aromatic rings. The van der Waals surface area contributed by atoms with Gasteiger partial charge in [-0.1, -0.05) is 0 Å². The van der Waals surface area contributed by atoms with Gasteiger partial charge in [0.25, 0.3) is 0 Å².